The Morgan fingerprint density at radius 2 is 1.79 bits per heavy atom. The zero-order valence-electron chi connectivity index (χ0n) is 19.7. The summed E-state index contributed by atoms with van der Waals surface area (Å²) in [5, 5.41) is 5.42. The molecule has 3 aromatic rings. The van der Waals surface area contributed by atoms with Gasteiger partial charge in [-0.15, -0.1) is 0 Å². The smallest absolute Gasteiger partial charge is 0.254 e. The Morgan fingerprint density at radius 3 is 2.41 bits per heavy atom. The van der Waals surface area contributed by atoms with Crippen molar-refractivity contribution < 1.29 is 17.9 Å². The van der Waals surface area contributed by atoms with Crippen molar-refractivity contribution in [3.05, 3.63) is 41.6 Å². The summed E-state index contributed by atoms with van der Waals surface area (Å²) in [7, 11) is -1.48. The average Bonchev–Trinajstić information content (AvgIpc) is 3.22. The predicted molar refractivity (Wildman–Crippen MR) is 131 cm³/mol. The maximum atomic E-state index is 13.8. The van der Waals surface area contributed by atoms with E-state index < -0.39 is 9.84 Å². The molecule has 0 radical (unpaired) electrons. The number of likely N-dealkylation sites (tertiary alicyclic amines) is 1. The van der Waals surface area contributed by atoms with Crippen molar-refractivity contribution in [2.45, 2.75) is 45.1 Å². The van der Waals surface area contributed by atoms with E-state index in [2.05, 4.69) is 0 Å². The highest BCUT2D eigenvalue weighted by Gasteiger charge is 2.33. The second-order valence-corrected chi connectivity index (χ2v) is 11.5. The van der Waals surface area contributed by atoms with Crippen LogP contribution in [0.2, 0.25) is 0 Å². The molecular formula is C25H30N4O4S. The molecular weight excluding hydrogens is 452 g/mol. The molecule has 0 bridgehead atoms. The molecule has 0 aliphatic carbocycles. The molecule has 2 fully saturated rings. The zero-order valence-corrected chi connectivity index (χ0v) is 20.5. The molecule has 1 atom stereocenters. The van der Waals surface area contributed by atoms with Gasteiger partial charge >= 0.3 is 0 Å². The van der Waals surface area contributed by atoms with Crippen LogP contribution in [0.25, 0.3) is 22.3 Å². The van der Waals surface area contributed by atoms with E-state index in [0.29, 0.717) is 29.0 Å². The number of fused-ring (bicyclic) bond motifs is 1. The molecule has 0 unspecified atom stereocenters. The first kappa shape index (κ1) is 22.8. The number of methoxy groups -OCH3 is 1. The van der Waals surface area contributed by atoms with E-state index in [1.165, 1.54) is 0 Å². The number of benzene rings is 1. The largest absolute Gasteiger partial charge is 0.497 e. The maximum Gasteiger partial charge on any atom is 0.254 e. The van der Waals surface area contributed by atoms with Crippen molar-refractivity contribution in [3.63, 3.8) is 0 Å². The molecule has 2 aliphatic heterocycles. The van der Waals surface area contributed by atoms with Gasteiger partial charge < -0.3 is 9.64 Å². The van der Waals surface area contributed by atoms with Crippen molar-refractivity contribution >= 4 is 26.8 Å². The number of nitrogens with zero attached hydrogens (tertiary/aromatic N) is 4. The Labute approximate surface area is 199 Å². The first-order valence-electron chi connectivity index (χ1n) is 11.9. The average molecular weight is 483 g/mol. The Bertz CT molecular complexity index is 1320. The van der Waals surface area contributed by atoms with Gasteiger partial charge in [0.1, 0.15) is 5.75 Å². The second kappa shape index (κ2) is 9.02. The lowest BCUT2D eigenvalue weighted by Crippen LogP contribution is -2.32. The topological polar surface area (TPSA) is 94.4 Å². The number of sulfone groups is 1. The first-order valence-corrected chi connectivity index (χ1v) is 13.7. The molecule has 1 amide bonds. The molecule has 180 valence electrons. The molecule has 2 aliphatic rings. The van der Waals surface area contributed by atoms with E-state index in [-0.39, 0.29) is 23.5 Å². The van der Waals surface area contributed by atoms with Gasteiger partial charge in [0.25, 0.3) is 5.91 Å². The highest BCUT2D eigenvalue weighted by molar-refractivity contribution is 7.91. The van der Waals surface area contributed by atoms with E-state index in [4.69, 9.17) is 14.8 Å². The van der Waals surface area contributed by atoms with Crippen LogP contribution in [0.1, 0.15) is 54.2 Å². The number of rotatable bonds is 4. The predicted octanol–water partition coefficient (Wildman–Crippen LogP) is 3.79. The van der Waals surface area contributed by atoms with Gasteiger partial charge in [0, 0.05) is 18.7 Å². The molecule has 2 saturated heterocycles. The van der Waals surface area contributed by atoms with Crippen LogP contribution in [0.15, 0.2) is 30.3 Å². The molecule has 0 saturated carbocycles. The second-order valence-electron chi connectivity index (χ2n) is 9.28. The third-order valence-electron chi connectivity index (χ3n) is 6.90. The third kappa shape index (κ3) is 4.29. The lowest BCUT2D eigenvalue weighted by Gasteiger charge is -2.21. The molecule has 34 heavy (non-hydrogen) atoms. The van der Waals surface area contributed by atoms with Crippen LogP contribution in [0, 0.1) is 6.92 Å². The lowest BCUT2D eigenvalue weighted by molar-refractivity contribution is 0.0763. The molecule has 1 aromatic carbocycles. The van der Waals surface area contributed by atoms with Crippen molar-refractivity contribution in [3.8, 4) is 17.0 Å². The number of ether oxygens (including phenoxy) is 1. The van der Waals surface area contributed by atoms with E-state index in [0.717, 1.165) is 55.5 Å². The van der Waals surface area contributed by atoms with Crippen LogP contribution in [0.4, 0.5) is 0 Å². The summed E-state index contributed by atoms with van der Waals surface area (Å²) in [6, 6.07) is 9.15. The number of pyridine rings is 1. The van der Waals surface area contributed by atoms with Crippen LogP contribution in [-0.2, 0) is 9.84 Å². The molecule has 0 spiro atoms. The third-order valence-corrected chi connectivity index (χ3v) is 8.65. The number of hydrogen-bond acceptors (Lipinski definition) is 6. The number of aromatic nitrogens is 3. The van der Waals surface area contributed by atoms with E-state index >= 15 is 0 Å². The van der Waals surface area contributed by atoms with Crippen molar-refractivity contribution in [1.82, 2.24) is 19.7 Å². The molecule has 5 rings (SSSR count). The number of hydrogen-bond donors (Lipinski definition) is 0. The fourth-order valence-electron chi connectivity index (χ4n) is 5.06. The Balaban J connectivity index is 1.67. The van der Waals surface area contributed by atoms with Gasteiger partial charge in [-0.25, -0.2) is 18.1 Å². The minimum absolute atomic E-state index is 0.00856. The van der Waals surface area contributed by atoms with Gasteiger partial charge in [-0.05, 0) is 56.5 Å². The Kier molecular flexibility index (Phi) is 6.06. The van der Waals surface area contributed by atoms with E-state index in [1.807, 2.05) is 42.2 Å². The minimum Gasteiger partial charge on any atom is -0.497 e. The molecule has 0 N–H and O–H groups in total. The zero-order chi connectivity index (χ0) is 23.9. The Morgan fingerprint density at radius 1 is 1.09 bits per heavy atom. The maximum absolute atomic E-state index is 13.8. The highest BCUT2D eigenvalue weighted by atomic mass is 32.2. The van der Waals surface area contributed by atoms with Gasteiger partial charge in [-0.3, -0.25) is 4.79 Å². The first-order chi connectivity index (χ1) is 16.4. The molecule has 2 aromatic heterocycles. The monoisotopic (exact) mass is 482 g/mol. The quantitative estimate of drug-likeness (QED) is 0.562. The number of amides is 1. The molecule has 8 nitrogen and oxygen atoms in total. The van der Waals surface area contributed by atoms with Crippen LogP contribution in [0.5, 0.6) is 5.75 Å². The molecule has 4 heterocycles. The van der Waals surface area contributed by atoms with Crippen LogP contribution in [-0.4, -0.2) is 65.7 Å². The lowest BCUT2D eigenvalue weighted by atomic mass is 10.0. The molecule has 9 heteroatoms. The minimum atomic E-state index is -3.10. The summed E-state index contributed by atoms with van der Waals surface area (Å²) in [6.45, 7) is 3.36. The Hall–Kier alpha value is -2.94. The number of carbonyl (C=O) groups excluding carboxylic acids is 1. The number of carbonyl (C=O) groups is 1. The van der Waals surface area contributed by atoms with Gasteiger partial charge in [0.15, 0.2) is 15.5 Å². The van der Waals surface area contributed by atoms with Crippen LogP contribution in [0.3, 0.4) is 0 Å². The summed E-state index contributed by atoms with van der Waals surface area (Å²) >= 11 is 0. The highest BCUT2D eigenvalue weighted by Crippen LogP contribution is 2.33. The van der Waals surface area contributed by atoms with Gasteiger partial charge in [-0.2, -0.15) is 5.10 Å². The van der Waals surface area contributed by atoms with Crippen molar-refractivity contribution in [2.75, 3.05) is 31.7 Å². The van der Waals surface area contributed by atoms with Crippen LogP contribution >= 0.6 is 0 Å². The fourth-order valence-corrected chi connectivity index (χ4v) is 6.75. The standard InChI is InChI=1S/C25H30N4O4S/c1-17-23-21(25(30)28-12-5-3-4-6-13-28)15-22(18-7-9-20(33-2)10-8-18)26-24(23)29(27-17)19-11-14-34(31,32)16-19/h7-10,15,19H,3-6,11-14,16H2,1-2H3/t19-/m1/s1. The summed E-state index contributed by atoms with van der Waals surface area (Å²) in [5.74, 6) is 0.927. The van der Waals surface area contributed by atoms with E-state index in [1.54, 1.807) is 11.8 Å². The summed E-state index contributed by atoms with van der Waals surface area (Å²) in [5.41, 5.74) is 3.38. The van der Waals surface area contributed by atoms with E-state index in [9.17, 15) is 13.2 Å². The normalized spacial score (nSPS) is 20.4. The summed E-state index contributed by atoms with van der Waals surface area (Å²) in [4.78, 5) is 20.6. The fraction of sp³-hybridized carbons (Fsp3) is 0.480. The van der Waals surface area contributed by atoms with Gasteiger partial charge in [0.2, 0.25) is 0 Å². The van der Waals surface area contributed by atoms with Crippen molar-refractivity contribution in [2.24, 2.45) is 0 Å². The van der Waals surface area contributed by atoms with Crippen LogP contribution < -0.4 is 4.74 Å². The summed E-state index contributed by atoms with van der Waals surface area (Å²) in [6.07, 6.45) is 4.79. The van der Waals surface area contributed by atoms with Crippen molar-refractivity contribution in [1.29, 1.82) is 0 Å². The number of aryl methyl sites for hydroxylation is 1. The van der Waals surface area contributed by atoms with Gasteiger partial charge in [0.05, 0.1) is 47.0 Å². The SMILES string of the molecule is COc1ccc(-c2cc(C(=O)N3CCCCCC3)c3c(C)nn([C@@H]4CCS(=O)(=O)C4)c3n2)cc1. The summed E-state index contributed by atoms with van der Waals surface area (Å²) < 4.78 is 31.4. The van der Waals surface area contributed by atoms with Gasteiger partial charge in [-0.1, -0.05) is 12.8 Å².